The molecule has 0 aromatic carbocycles. The molecule has 0 atom stereocenters. The molecule has 1 rings (SSSR count). The second-order valence-electron chi connectivity index (χ2n) is 2.77. The predicted molar refractivity (Wildman–Crippen MR) is 41.2 cm³/mol. The van der Waals surface area contributed by atoms with Gasteiger partial charge in [0.15, 0.2) is 0 Å². The van der Waals surface area contributed by atoms with Crippen molar-refractivity contribution in [3.63, 3.8) is 0 Å². The van der Waals surface area contributed by atoms with Gasteiger partial charge in [0.05, 0.1) is 0 Å². The van der Waals surface area contributed by atoms with Crippen LogP contribution in [0.25, 0.3) is 0 Å². The monoisotopic (exact) mass is 158 g/mol. The highest BCUT2D eigenvalue weighted by atomic mass is 16.6. The first-order valence-electron chi connectivity index (χ1n) is 3.88. The van der Waals surface area contributed by atoms with E-state index in [1.807, 2.05) is 11.9 Å². The van der Waals surface area contributed by atoms with Gasteiger partial charge in [0.1, 0.15) is 6.73 Å². The molecule has 1 saturated heterocycles. The second-order valence-corrected chi connectivity index (χ2v) is 2.77. The van der Waals surface area contributed by atoms with Gasteiger partial charge in [0.25, 0.3) is 0 Å². The van der Waals surface area contributed by atoms with Gasteiger partial charge >= 0.3 is 6.09 Å². The maximum Gasteiger partial charge on any atom is 0.408 e. The van der Waals surface area contributed by atoms with Crippen LogP contribution in [0, 0.1) is 0 Å². The summed E-state index contributed by atoms with van der Waals surface area (Å²) in [5, 5.41) is 2.66. The Labute approximate surface area is 66.5 Å². The maximum atomic E-state index is 10.8. The molecular weight excluding hydrogens is 144 g/mol. The molecule has 0 saturated carbocycles. The van der Waals surface area contributed by atoms with Crippen molar-refractivity contribution in [3.05, 3.63) is 0 Å². The highest BCUT2D eigenvalue weighted by Gasteiger charge is 2.06. The minimum Gasteiger partial charge on any atom is -0.433 e. The zero-order chi connectivity index (χ0) is 8.10. The van der Waals surface area contributed by atoms with Crippen LogP contribution in [0.1, 0.15) is 12.8 Å². The summed E-state index contributed by atoms with van der Waals surface area (Å²) in [6.45, 7) is 2.12. The molecule has 0 spiro atoms. The highest BCUT2D eigenvalue weighted by molar-refractivity contribution is 5.66. The van der Waals surface area contributed by atoms with Gasteiger partial charge in [0.2, 0.25) is 0 Å². The molecule has 0 aromatic heterocycles. The third-order valence-electron chi connectivity index (χ3n) is 1.65. The zero-order valence-corrected chi connectivity index (χ0v) is 6.80. The van der Waals surface area contributed by atoms with Crippen molar-refractivity contribution < 1.29 is 9.53 Å². The molecule has 1 aliphatic rings. The average molecular weight is 158 g/mol. The van der Waals surface area contributed by atoms with Crippen molar-refractivity contribution in [3.8, 4) is 0 Å². The first-order chi connectivity index (χ1) is 5.29. The summed E-state index contributed by atoms with van der Waals surface area (Å²) in [5.41, 5.74) is 0. The molecule has 4 nitrogen and oxygen atoms in total. The molecule has 1 amide bonds. The number of alkyl carbamates (subject to hydrolysis) is 1. The Kier molecular flexibility index (Phi) is 3.16. The van der Waals surface area contributed by atoms with Crippen LogP contribution in [0.3, 0.4) is 0 Å². The van der Waals surface area contributed by atoms with Gasteiger partial charge in [-0.25, -0.2) is 4.79 Å². The standard InChI is InChI=1S/C7H14N2O2/c1-9-5-3-2-4-8-7(10)11-6-9/h2-6H2,1H3,(H,8,10). The smallest absolute Gasteiger partial charge is 0.408 e. The van der Waals surface area contributed by atoms with Crippen LogP contribution in [-0.2, 0) is 4.74 Å². The molecule has 1 heterocycles. The molecule has 0 aliphatic carbocycles. The number of carbonyl (C=O) groups excluding carboxylic acids is 1. The lowest BCUT2D eigenvalue weighted by atomic mass is 10.3. The number of amides is 1. The maximum absolute atomic E-state index is 10.8. The van der Waals surface area contributed by atoms with E-state index in [9.17, 15) is 4.79 Å². The Morgan fingerprint density at radius 2 is 2.36 bits per heavy atom. The van der Waals surface area contributed by atoms with Gasteiger partial charge in [-0.2, -0.15) is 0 Å². The first kappa shape index (κ1) is 8.33. The van der Waals surface area contributed by atoms with Gasteiger partial charge in [-0.15, -0.1) is 0 Å². The molecule has 0 bridgehead atoms. The molecule has 0 radical (unpaired) electrons. The lowest BCUT2D eigenvalue weighted by Gasteiger charge is -2.13. The third kappa shape index (κ3) is 3.23. The molecule has 64 valence electrons. The van der Waals surface area contributed by atoms with E-state index in [2.05, 4.69) is 5.32 Å². The second kappa shape index (κ2) is 4.18. The molecule has 0 unspecified atom stereocenters. The van der Waals surface area contributed by atoms with Gasteiger partial charge in [-0.3, -0.25) is 4.90 Å². The van der Waals surface area contributed by atoms with E-state index in [4.69, 9.17) is 4.74 Å². The number of rotatable bonds is 0. The molecular formula is C7H14N2O2. The highest BCUT2D eigenvalue weighted by Crippen LogP contribution is 1.95. The van der Waals surface area contributed by atoms with Gasteiger partial charge in [0, 0.05) is 13.1 Å². The third-order valence-corrected chi connectivity index (χ3v) is 1.65. The van der Waals surface area contributed by atoms with Crippen molar-refractivity contribution in [2.24, 2.45) is 0 Å². The summed E-state index contributed by atoms with van der Waals surface area (Å²) >= 11 is 0. The number of ether oxygens (including phenoxy) is 1. The van der Waals surface area contributed by atoms with Crippen LogP contribution in [0.5, 0.6) is 0 Å². The number of cyclic esters (lactones) is 1. The summed E-state index contributed by atoms with van der Waals surface area (Å²) in [6.07, 6.45) is 1.83. The fourth-order valence-corrected chi connectivity index (χ4v) is 0.982. The van der Waals surface area contributed by atoms with Crippen LogP contribution in [0.15, 0.2) is 0 Å². The van der Waals surface area contributed by atoms with Gasteiger partial charge < -0.3 is 10.1 Å². The van der Waals surface area contributed by atoms with Crippen molar-refractivity contribution >= 4 is 6.09 Å². The summed E-state index contributed by atoms with van der Waals surface area (Å²) in [6, 6.07) is 0. The Morgan fingerprint density at radius 1 is 1.55 bits per heavy atom. The van der Waals surface area contributed by atoms with E-state index >= 15 is 0 Å². The Bertz CT molecular complexity index is 138. The van der Waals surface area contributed by atoms with Gasteiger partial charge in [-0.1, -0.05) is 0 Å². The summed E-state index contributed by atoms with van der Waals surface area (Å²) < 4.78 is 4.85. The largest absolute Gasteiger partial charge is 0.433 e. The number of hydrogen-bond acceptors (Lipinski definition) is 3. The molecule has 0 aromatic rings. The molecule has 1 aliphatic heterocycles. The van der Waals surface area contributed by atoms with E-state index in [0.717, 1.165) is 25.9 Å². The predicted octanol–water partition coefficient (Wildman–Crippen LogP) is 0.396. The SMILES string of the molecule is CN1CCCCNC(=O)OC1. The Morgan fingerprint density at radius 3 is 3.18 bits per heavy atom. The molecule has 1 fully saturated rings. The zero-order valence-electron chi connectivity index (χ0n) is 6.80. The van der Waals surface area contributed by atoms with Gasteiger partial charge in [-0.05, 0) is 19.9 Å². The van der Waals surface area contributed by atoms with Crippen molar-refractivity contribution in [2.75, 3.05) is 26.9 Å². The minimum absolute atomic E-state index is 0.307. The lowest BCUT2D eigenvalue weighted by Crippen LogP contribution is -2.28. The van der Waals surface area contributed by atoms with Crippen LogP contribution in [-0.4, -0.2) is 37.9 Å². The quantitative estimate of drug-likeness (QED) is 0.554. The van der Waals surface area contributed by atoms with E-state index in [0.29, 0.717) is 6.73 Å². The van der Waals surface area contributed by atoms with Crippen LogP contribution < -0.4 is 5.32 Å². The summed E-state index contributed by atoms with van der Waals surface area (Å²) in [4.78, 5) is 12.8. The summed E-state index contributed by atoms with van der Waals surface area (Å²) in [7, 11) is 1.94. The number of carbonyl (C=O) groups is 1. The fraction of sp³-hybridized carbons (Fsp3) is 0.857. The van der Waals surface area contributed by atoms with Crippen LogP contribution in [0.2, 0.25) is 0 Å². The normalized spacial score (nSPS) is 22.5. The fourth-order valence-electron chi connectivity index (χ4n) is 0.982. The minimum atomic E-state index is -0.307. The number of nitrogens with zero attached hydrogens (tertiary/aromatic N) is 1. The topological polar surface area (TPSA) is 41.6 Å². The van der Waals surface area contributed by atoms with E-state index in [-0.39, 0.29) is 6.09 Å². The number of nitrogens with one attached hydrogen (secondary N) is 1. The average Bonchev–Trinajstić information content (AvgIpc) is 2.06. The van der Waals surface area contributed by atoms with Crippen molar-refractivity contribution in [1.82, 2.24) is 10.2 Å². The summed E-state index contributed by atoms with van der Waals surface area (Å²) in [5.74, 6) is 0. The first-order valence-corrected chi connectivity index (χ1v) is 3.88. The Hall–Kier alpha value is -0.770. The van der Waals surface area contributed by atoms with Crippen molar-refractivity contribution in [2.45, 2.75) is 12.8 Å². The van der Waals surface area contributed by atoms with E-state index in [1.54, 1.807) is 0 Å². The van der Waals surface area contributed by atoms with E-state index in [1.165, 1.54) is 0 Å². The van der Waals surface area contributed by atoms with Crippen LogP contribution in [0.4, 0.5) is 4.79 Å². The van der Waals surface area contributed by atoms with Crippen molar-refractivity contribution in [1.29, 1.82) is 0 Å². The molecule has 4 heteroatoms. The Balaban J connectivity index is 2.31. The molecule has 1 N–H and O–H groups in total. The number of hydrogen-bond donors (Lipinski definition) is 1. The molecule has 11 heavy (non-hydrogen) atoms. The van der Waals surface area contributed by atoms with E-state index < -0.39 is 0 Å². The lowest BCUT2D eigenvalue weighted by molar-refractivity contribution is 0.0868. The van der Waals surface area contributed by atoms with Crippen LogP contribution >= 0.6 is 0 Å².